The highest BCUT2D eigenvalue weighted by molar-refractivity contribution is 5.87. The quantitative estimate of drug-likeness (QED) is 0.702. The minimum Gasteiger partial charge on any atom is -0.497 e. The molecule has 1 aromatic heterocycles. The zero-order chi connectivity index (χ0) is 15.7. The Kier molecular flexibility index (Phi) is 3.69. The fraction of sp³-hybridized carbons (Fsp3) is 0.300. The molecule has 1 N–H and O–H groups in total. The number of nitrogens with one attached hydrogen (secondary N) is 1. The number of benzene rings is 2. The van der Waals surface area contributed by atoms with Crippen molar-refractivity contribution in [2.24, 2.45) is 0 Å². The topological polar surface area (TPSA) is 25.0 Å². The van der Waals surface area contributed by atoms with Gasteiger partial charge in [-0.05, 0) is 42.2 Å². The fourth-order valence-electron chi connectivity index (χ4n) is 3.27. The average molecular weight is 293 g/mol. The molecule has 3 aromatic rings. The highest BCUT2D eigenvalue weighted by atomic mass is 16.5. The van der Waals surface area contributed by atoms with Crippen LogP contribution in [0.15, 0.2) is 48.7 Å². The number of aromatic amines is 1. The van der Waals surface area contributed by atoms with Crippen molar-refractivity contribution in [1.82, 2.24) is 4.98 Å². The van der Waals surface area contributed by atoms with Crippen molar-refractivity contribution in [2.45, 2.75) is 32.6 Å². The third-order valence-corrected chi connectivity index (χ3v) is 4.95. The SMILES string of the molecule is CCC(C)(c1ccc(OC)cc1)c1c[nH]c2c(C)cccc12. The van der Waals surface area contributed by atoms with E-state index in [4.69, 9.17) is 4.74 Å². The Morgan fingerprint density at radius 3 is 2.45 bits per heavy atom. The highest BCUT2D eigenvalue weighted by Crippen LogP contribution is 2.40. The summed E-state index contributed by atoms with van der Waals surface area (Å²) in [5.74, 6) is 0.900. The Bertz CT molecular complexity index is 785. The van der Waals surface area contributed by atoms with Gasteiger partial charge in [0.1, 0.15) is 5.75 Å². The van der Waals surface area contributed by atoms with Gasteiger partial charge in [-0.1, -0.05) is 44.2 Å². The second-order valence-electron chi connectivity index (χ2n) is 6.11. The number of fused-ring (bicyclic) bond motifs is 1. The summed E-state index contributed by atoms with van der Waals surface area (Å²) in [5, 5.41) is 1.32. The smallest absolute Gasteiger partial charge is 0.118 e. The van der Waals surface area contributed by atoms with Crippen LogP contribution in [0.3, 0.4) is 0 Å². The highest BCUT2D eigenvalue weighted by Gasteiger charge is 2.29. The number of ether oxygens (including phenoxy) is 1. The molecule has 114 valence electrons. The Hall–Kier alpha value is -2.22. The van der Waals surface area contributed by atoms with Gasteiger partial charge in [0.05, 0.1) is 7.11 Å². The minimum absolute atomic E-state index is 0.0156. The molecule has 0 spiro atoms. The van der Waals surface area contributed by atoms with Gasteiger partial charge in [-0.3, -0.25) is 0 Å². The van der Waals surface area contributed by atoms with Crippen molar-refractivity contribution in [2.75, 3.05) is 7.11 Å². The number of para-hydroxylation sites is 1. The minimum atomic E-state index is -0.0156. The molecule has 0 fully saturated rings. The first kappa shape index (κ1) is 14.7. The van der Waals surface area contributed by atoms with Crippen LogP contribution in [-0.4, -0.2) is 12.1 Å². The van der Waals surface area contributed by atoms with E-state index < -0.39 is 0 Å². The lowest BCUT2D eigenvalue weighted by atomic mass is 9.74. The van der Waals surface area contributed by atoms with Crippen LogP contribution in [-0.2, 0) is 5.41 Å². The molecule has 22 heavy (non-hydrogen) atoms. The van der Waals surface area contributed by atoms with E-state index in [0.717, 1.165) is 12.2 Å². The van der Waals surface area contributed by atoms with Crippen LogP contribution in [0.25, 0.3) is 10.9 Å². The van der Waals surface area contributed by atoms with E-state index >= 15 is 0 Å². The first-order valence-electron chi connectivity index (χ1n) is 7.82. The van der Waals surface area contributed by atoms with Crippen molar-refractivity contribution in [1.29, 1.82) is 0 Å². The maximum atomic E-state index is 5.29. The zero-order valence-corrected chi connectivity index (χ0v) is 13.7. The maximum Gasteiger partial charge on any atom is 0.118 e. The molecule has 0 bridgehead atoms. The Labute approximate surface area is 132 Å². The van der Waals surface area contributed by atoms with Crippen LogP contribution in [0, 0.1) is 6.92 Å². The molecule has 2 nitrogen and oxygen atoms in total. The van der Waals surface area contributed by atoms with Crippen LogP contribution in [0.5, 0.6) is 5.75 Å². The summed E-state index contributed by atoms with van der Waals surface area (Å²) in [6.07, 6.45) is 3.21. The molecule has 0 saturated carbocycles. The molecule has 0 amide bonds. The molecule has 0 aliphatic rings. The maximum absolute atomic E-state index is 5.29. The van der Waals surface area contributed by atoms with Gasteiger partial charge in [0.2, 0.25) is 0 Å². The summed E-state index contributed by atoms with van der Waals surface area (Å²) in [6, 6.07) is 14.9. The van der Waals surface area contributed by atoms with Gasteiger partial charge in [-0.2, -0.15) is 0 Å². The predicted molar refractivity (Wildman–Crippen MR) is 92.8 cm³/mol. The van der Waals surface area contributed by atoms with Gasteiger partial charge in [-0.15, -0.1) is 0 Å². The molecular weight excluding hydrogens is 270 g/mol. The zero-order valence-electron chi connectivity index (χ0n) is 13.7. The van der Waals surface area contributed by atoms with Crippen LogP contribution in [0.1, 0.15) is 37.0 Å². The largest absolute Gasteiger partial charge is 0.497 e. The molecule has 1 unspecified atom stereocenters. The Morgan fingerprint density at radius 1 is 1.09 bits per heavy atom. The van der Waals surface area contributed by atoms with Crippen LogP contribution in [0.2, 0.25) is 0 Å². The number of methoxy groups -OCH3 is 1. The molecule has 2 aromatic carbocycles. The lowest BCUT2D eigenvalue weighted by Gasteiger charge is -2.29. The molecular formula is C20H23NO. The second kappa shape index (κ2) is 5.53. The fourth-order valence-corrected chi connectivity index (χ4v) is 3.27. The number of hydrogen-bond acceptors (Lipinski definition) is 1. The molecule has 0 radical (unpaired) electrons. The van der Waals surface area contributed by atoms with Crippen LogP contribution >= 0.6 is 0 Å². The first-order chi connectivity index (χ1) is 10.6. The molecule has 3 rings (SSSR count). The van der Waals surface area contributed by atoms with E-state index in [2.05, 4.69) is 62.3 Å². The van der Waals surface area contributed by atoms with E-state index in [-0.39, 0.29) is 5.41 Å². The average Bonchev–Trinajstić information content (AvgIpc) is 3.00. The van der Waals surface area contributed by atoms with E-state index in [1.807, 2.05) is 12.1 Å². The van der Waals surface area contributed by atoms with Crippen LogP contribution in [0.4, 0.5) is 0 Å². The molecule has 1 heterocycles. The van der Waals surface area contributed by atoms with Gasteiger partial charge >= 0.3 is 0 Å². The van der Waals surface area contributed by atoms with Crippen molar-refractivity contribution in [3.63, 3.8) is 0 Å². The summed E-state index contributed by atoms with van der Waals surface area (Å²) in [5.41, 5.74) is 5.19. The van der Waals surface area contributed by atoms with Crippen molar-refractivity contribution < 1.29 is 4.74 Å². The normalized spacial score (nSPS) is 14.0. The van der Waals surface area contributed by atoms with Crippen LogP contribution < -0.4 is 4.74 Å². The number of aromatic nitrogens is 1. The number of rotatable bonds is 4. The second-order valence-corrected chi connectivity index (χ2v) is 6.11. The first-order valence-corrected chi connectivity index (χ1v) is 7.82. The molecule has 1 atom stereocenters. The summed E-state index contributed by atoms with van der Waals surface area (Å²) in [6.45, 7) is 6.72. The van der Waals surface area contributed by atoms with Gasteiger partial charge in [0.15, 0.2) is 0 Å². The Balaban J connectivity index is 2.16. The Morgan fingerprint density at radius 2 is 1.82 bits per heavy atom. The lowest BCUT2D eigenvalue weighted by molar-refractivity contribution is 0.414. The van der Waals surface area contributed by atoms with Crippen molar-refractivity contribution in [3.8, 4) is 5.75 Å². The predicted octanol–water partition coefficient (Wildman–Crippen LogP) is 5.20. The van der Waals surface area contributed by atoms with Crippen molar-refractivity contribution >= 4 is 10.9 Å². The molecule has 0 aliphatic heterocycles. The van der Waals surface area contributed by atoms with Crippen molar-refractivity contribution in [3.05, 3.63) is 65.4 Å². The third kappa shape index (κ3) is 2.19. The number of H-pyrrole nitrogens is 1. The molecule has 0 aliphatic carbocycles. The van der Waals surface area contributed by atoms with E-state index in [1.54, 1.807) is 7.11 Å². The molecule has 2 heteroatoms. The van der Waals surface area contributed by atoms with Gasteiger partial charge < -0.3 is 9.72 Å². The summed E-state index contributed by atoms with van der Waals surface area (Å²) in [4.78, 5) is 3.46. The van der Waals surface area contributed by atoms with E-state index in [9.17, 15) is 0 Å². The third-order valence-electron chi connectivity index (χ3n) is 4.95. The van der Waals surface area contributed by atoms with E-state index in [1.165, 1.54) is 27.6 Å². The molecule has 0 saturated heterocycles. The lowest BCUT2D eigenvalue weighted by Crippen LogP contribution is -2.22. The van der Waals surface area contributed by atoms with Gasteiger partial charge in [-0.25, -0.2) is 0 Å². The monoisotopic (exact) mass is 293 g/mol. The van der Waals surface area contributed by atoms with E-state index in [0.29, 0.717) is 0 Å². The standard InChI is InChI=1S/C20H23NO/c1-5-20(3,15-9-11-16(22-4)12-10-15)18-13-21-19-14(2)7-6-8-17(18)19/h6-13,21H,5H2,1-4H3. The summed E-state index contributed by atoms with van der Waals surface area (Å²) >= 11 is 0. The summed E-state index contributed by atoms with van der Waals surface area (Å²) in [7, 11) is 1.70. The number of aryl methyl sites for hydroxylation is 1. The van der Waals surface area contributed by atoms with Gasteiger partial charge in [0, 0.05) is 22.5 Å². The van der Waals surface area contributed by atoms with Gasteiger partial charge in [0.25, 0.3) is 0 Å². The number of hydrogen-bond donors (Lipinski definition) is 1. The summed E-state index contributed by atoms with van der Waals surface area (Å²) < 4.78 is 5.29.